The molecule has 0 aromatic rings. The largest absolute Gasteiger partial charge is 0.457 e. The molecule has 4 aliphatic heterocycles. The highest BCUT2D eigenvalue weighted by Gasteiger charge is 2.64. The van der Waals surface area contributed by atoms with Crippen molar-refractivity contribution in [3.05, 3.63) is 0 Å². The Morgan fingerprint density at radius 2 is 2.00 bits per heavy atom. The Kier molecular flexibility index (Phi) is 8.24. The number of nitrogens with one attached hydrogen (secondary N) is 2. The number of aliphatic hydroxyl groups is 1. The van der Waals surface area contributed by atoms with E-state index in [0.717, 1.165) is 32.2 Å². The molecule has 0 aromatic heterocycles. The normalized spacial score (nSPS) is 46.1. The van der Waals surface area contributed by atoms with Gasteiger partial charge >= 0.3 is 5.97 Å². The number of epoxide rings is 1. The van der Waals surface area contributed by atoms with E-state index in [1.165, 1.54) is 0 Å². The topological polar surface area (TPSA) is 145 Å². The number of aliphatic hydroxyl groups excluding tert-OH is 1. The summed E-state index contributed by atoms with van der Waals surface area (Å²) in [6.45, 7) is 7.32. The minimum atomic E-state index is -0.954. The van der Waals surface area contributed by atoms with Crippen molar-refractivity contribution in [3.8, 4) is 0 Å². The summed E-state index contributed by atoms with van der Waals surface area (Å²) < 4.78 is 24.8. The summed E-state index contributed by atoms with van der Waals surface area (Å²) in [5, 5.41) is 17.7. The summed E-state index contributed by atoms with van der Waals surface area (Å²) in [4.78, 5) is 26.4. The Hall–Kier alpha value is -1.14. The predicted molar refractivity (Wildman–Crippen MR) is 139 cm³/mol. The third-order valence-corrected chi connectivity index (χ3v) is 9.67. The molecule has 0 spiro atoms. The molecule has 1 aliphatic carbocycles. The van der Waals surface area contributed by atoms with Crippen LogP contribution < -0.4 is 16.4 Å². The van der Waals surface area contributed by atoms with Crippen LogP contribution in [-0.2, 0) is 28.5 Å². The summed E-state index contributed by atoms with van der Waals surface area (Å²) >= 11 is 0. The molecule has 0 radical (unpaired) electrons. The van der Waals surface area contributed by atoms with Crippen molar-refractivity contribution in [2.45, 2.75) is 126 Å². The van der Waals surface area contributed by atoms with Gasteiger partial charge in [-0.05, 0) is 78.9 Å². The number of piperidine rings is 1. The molecule has 38 heavy (non-hydrogen) atoms. The van der Waals surface area contributed by atoms with Gasteiger partial charge in [-0.3, -0.25) is 4.79 Å². The smallest absolute Gasteiger partial charge is 0.341 e. The molecule has 5 aliphatic rings. The van der Waals surface area contributed by atoms with Crippen LogP contribution in [0, 0.1) is 17.8 Å². The molecule has 4 heterocycles. The van der Waals surface area contributed by atoms with Crippen LogP contribution in [0.1, 0.15) is 72.1 Å². The van der Waals surface area contributed by atoms with Gasteiger partial charge in [0.1, 0.15) is 11.9 Å². The number of ketones is 1. The quantitative estimate of drug-likeness (QED) is 0.262. The van der Waals surface area contributed by atoms with E-state index in [4.69, 9.17) is 24.7 Å². The third-order valence-electron chi connectivity index (χ3n) is 9.67. The van der Waals surface area contributed by atoms with Crippen molar-refractivity contribution < 1.29 is 33.6 Å². The van der Waals surface area contributed by atoms with E-state index in [2.05, 4.69) is 10.6 Å². The highest BCUT2D eigenvalue weighted by Crippen LogP contribution is 2.49. The summed E-state index contributed by atoms with van der Waals surface area (Å²) in [5.41, 5.74) is 4.37. The highest BCUT2D eigenvalue weighted by molar-refractivity contribution is 5.84. The average Bonchev–Trinajstić information content (AvgIpc) is 3.56. The van der Waals surface area contributed by atoms with Gasteiger partial charge in [0.15, 0.2) is 5.60 Å². The zero-order chi connectivity index (χ0) is 27.2. The number of carbonyl (C=O) groups excluding carboxylic acids is 2. The van der Waals surface area contributed by atoms with Gasteiger partial charge < -0.3 is 40.4 Å². The minimum absolute atomic E-state index is 0.0366. The van der Waals surface area contributed by atoms with Gasteiger partial charge in [-0.25, -0.2) is 4.79 Å². The molecular formula is C28H47N3O7. The van der Waals surface area contributed by atoms with Gasteiger partial charge in [0.05, 0.1) is 48.2 Å². The van der Waals surface area contributed by atoms with Crippen LogP contribution in [0.2, 0.25) is 0 Å². The molecule has 216 valence electrons. The minimum Gasteiger partial charge on any atom is -0.457 e. The monoisotopic (exact) mass is 537 g/mol. The van der Waals surface area contributed by atoms with Gasteiger partial charge in [0.2, 0.25) is 0 Å². The zero-order valence-corrected chi connectivity index (χ0v) is 23.3. The second-order valence-corrected chi connectivity index (χ2v) is 12.8. The number of rotatable bonds is 8. The van der Waals surface area contributed by atoms with Gasteiger partial charge in [0, 0.05) is 25.2 Å². The van der Waals surface area contributed by atoms with E-state index < -0.39 is 29.3 Å². The third kappa shape index (κ3) is 5.55. The Labute approximate surface area is 226 Å². The molecule has 11 atom stereocenters. The van der Waals surface area contributed by atoms with Crippen LogP contribution in [0.15, 0.2) is 0 Å². The molecule has 5 rings (SSSR count). The lowest BCUT2D eigenvalue weighted by atomic mass is 9.67. The van der Waals surface area contributed by atoms with Crippen LogP contribution in [0.4, 0.5) is 0 Å². The molecular weight excluding hydrogens is 490 g/mol. The van der Waals surface area contributed by atoms with Crippen molar-refractivity contribution >= 4 is 11.8 Å². The Bertz CT molecular complexity index is 887. The first kappa shape index (κ1) is 28.4. The molecule has 5 fully saturated rings. The first-order valence-electron chi connectivity index (χ1n) is 14.6. The predicted octanol–water partition coefficient (Wildman–Crippen LogP) is 1.02. The highest BCUT2D eigenvalue weighted by atomic mass is 16.7. The Morgan fingerprint density at radius 1 is 1.21 bits per heavy atom. The lowest BCUT2D eigenvalue weighted by molar-refractivity contribution is -0.257. The number of carbonyl (C=O) groups is 2. The van der Waals surface area contributed by atoms with E-state index in [0.29, 0.717) is 38.1 Å². The summed E-state index contributed by atoms with van der Waals surface area (Å²) in [5.74, 6) is -0.615. The number of esters is 1. The molecule has 5 N–H and O–H groups in total. The summed E-state index contributed by atoms with van der Waals surface area (Å²) in [6, 6.07) is 0. The van der Waals surface area contributed by atoms with Crippen molar-refractivity contribution in [2.24, 2.45) is 23.5 Å². The lowest BCUT2D eigenvalue weighted by Crippen LogP contribution is -2.63. The molecule has 1 saturated carbocycles. The zero-order valence-electron chi connectivity index (χ0n) is 23.3. The van der Waals surface area contributed by atoms with E-state index in [9.17, 15) is 14.7 Å². The van der Waals surface area contributed by atoms with Gasteiger partial charge in [-0.1, -0.05) is 0 Å². The van der Waals surface area contributed by atoms with E-state index in [1.807, 2.05) is 27.8 Å². The summed E-state index contributed by atoms with van der Waals surface area (Å²) in [7, 11) is 1.86. The number of hydrogen-bond donors (Lipinski definition) is 4. The number of nitrogens with two attached hydrogens (primary N) is 1. The van der Waals surface area contributed by atoms with Crippen molar-refractivity contribution in [3.63, 3.8) is 0 Å². The van der Waals surface area contributed by atoms with Gasteiger partial charge in [-0.15, -0.1) is 0 Å². The number of fused-ring (bicyclic) bond motifs is 2. The molecule has 10 nitrogen and oxygen atoms in total. The molecule has 4 saturated heterocycles. The first-order chi connectivity index (χ1) is 18.0. The Balaban J connectivity index is 1.24. The number of hydrogen-bond acceptors (Lipinski definition) is 10. The van der Waals surface area contributed by atoms with Crippen molar-refractivity contribution in [1.29, 1.82) is 0 Å². The van der Waals surface area contributed by atoms with Crippen molar-refractivity contribution in [2.75, 3.05) is 20.1 Å². The van der Waals surface area contributed by atoms with Crippen LogP contribution in [0.3, 0.4) is 0 Å². The maximum atomic E-state index is 13.7. The van der Waals surface area contributed by atoms with E-state index in [-0.39, 0.29) is 48.3 Å². The molecule has 10 heteroatoms. The van der Waals surface area contributed by atoms with E-state index in [1.54, 1.807) is 0 Å². The lowest BCUT2D eigenvalue weighted by Gasteiger charge is -2.53. The first-order valence-corrected chi connectivity index (χ1v) is 14.6. The van der Waals surface area contributed by atoms with Crippen LogP contribution >= 0.6 is 0 Å². The number of Topliss-reactive ketones (excluding diaryl/α,β-unsaturated/α-hetero) is 1. The molecule has 8 unspecified atom stereocenters. The molecule has 0 aromatic carbocycles. The molecule has 0 bridgehead atoms. The SMILES string of the molecule is CNCC[C@]1(C(=O)O[C@@H]2CC3C(CC4OC(C)CC(=O)C4C3O)OC2(C)C)O[C@@H]1CCC1CCNC(N)C1. The van der Waals surface area contributed by atoms with Gasteiger partial charge in [-0.2, -0.15) is 0 Å². The maximum absolute atomic E-state index is 13.7. The second kappa shape index (κ2) is 11.0. The Morgan fingerprint density at radius 3 is 2.74 bits per heavy atom. The fourth-order valence-electron chi connectivity index (χ4n) is 7.41. The number of ether oxygens (including phenoxy) is 4. The second-order valence-electron chi connectivity index (χ2n) is 12.8. The average molecular weight is 538 g/mol. The van der Waals surface area contributed by atoms with Crippen LogP contribution in [0.25, 0.3) is 0 Å². The fourth-order valence-corrected chi connectivity index (χ4v) is 7.41. The van der Waals surface area contributed by atoms with Crippen LogP contribution in [0.5, 0.6) is 0 Å². The molecule has 0 amide bonds. The van der Waals surface area contributed by atoms with Gasteiger partial charge in [0.25, 0.3) is 0 Å². The fraction of sp³-hybridized carbons (Fsp3) is 0.929. The van der Waals surface area contributed by atoms with E-state index >= 15 is 0 Å². The summed E-state index contributed by atoms with van der Waals surface area (Å²) in [6.07, 6.45) is 3.34. The van der Waals surface area contributed by atoms with Crippen molar-refractivity contribution in [1.82, 2.24) is 10.6 Å². The van der Waals surface area contributed by atoms with Crippen LogP contribution in [-0.4, -0.2) is 91.0 Å². The maximum Gasteiger partial charge on any atom is 0.341 e. The standard InChI is InChI=1S/C28H47N3O7/c1-15-11-18(32)24-20(35-15)14-19-17(25(24)33)13-22(27(2,3)37-19)36-26(34)28(8-10-30-4)21(38-28)6-5-16-7-9-31-23(29)12-16/h15-17,19-25,30-31,33H,5-14,29H2,1-4H3/t15?,16?,17?,19?,20?,21-,22-,23?,24?,25?,28+/m1/s1.